The number of hydrogen-bond acceptors (Lipinski definition) is 5. The van der Waals surface area contributed by atoms with E-state index in [9.17, 15) is 4.79 Å². The second-order valence-electron chi connectivity index (χ2n) is 6.68. The Balaban J connectivity index is 1.54. The molecule has 4 rings (SSSR count). The maximum atomic E-state index is 13.0. The van der Waals surface area contributed by atoms with E-state index in [1.807, 2.05) is 49.0 Å². The number of amides is 1. The molecule has 1 aromatic heterocycles. The average molecular weight is 430 g/mol. The number of benzene rings is 2. The summed E-state index contributed by atoms with van der Waals surface area (Å²) < 4.78 is 13.1. The number of aromatic nitrogens is 2. The number of aryl methyl sites for hydroxylation is 1. The number of ether oxygens (including phenoxy) is 2. The Hall–Kier alpha value is -2.64. The number of nitrogens with zero attached hydrogens (tertiary/aromatic N) is 2. The molecule has 0 aliphatic carbocycles. The number of carbonyl (C=O) groups is 1. The van der Waals surface area contributed by atoms with Gasteiger partial charge in [0, 0.05) is 29.4 Å². The van der Waals surface area contributed by atoms with Gasteiger partial charge in [-0.3, -0.25) is 4.79 Å². The Kier molecular flexibility index (Phi) is 5.69. The van der Waals surface area contributed by atoms with Crippen LogP contribution in [0.5, 0.6) is 11.5 Å². The molecule has 29 heavy (non-hydrogen) atoms. The zero-order valence-electron chi connectivity index (χ0n) is 16.0. The standard InChI is InChI=1S/C21H20ClN3O3S/c1-13(14-3-5-17-18(11-14)28-10-9-27-17)20(26)24-16-12-15(22)4-6-19(16)29-21-23-7-8-25(21)2/h3-8,11-13H,9-10H2,1-2H3,(H,24,26). The maximum Gasteiger partial charge on any atom is 0.231 e. The molecule has 6 nitrogen and oxygen atoms in total. The predicted octanol–water partition coefficient (Wildman–Crippen LogP) is 4.74. The second-order valence-corrected chi connectivity index (χ2v) is 8.12. The van der Waals surface area contributed by atoms with Gasteiger partial charge in [-0.05, 0) is 54.6 Å². The highest BCUT2D eigenvalue weighted by molar-refractivity contribution is 7.99. The number of hydrogen-bond donors (Lipinski definition) is 1. The van der Waals surface area contributed by atoms with Crippen LogP contribution in [0.1, 0.15) is 18.4 Å². The number of rotatable bonds is 5. The lowest BCUT2D eigenvalue weighted by Gasteiger charge is -2.20. The van der Waals surface area contributed by atoms with Crippen molar-refractivity contribution in [2.24, 2.45) is 7.05 Å². The monoisotopic (exact) mass is 429 g/mol. The van der Waals surface area contributed by atoms with E-state index < -0.39 is 0 Å². The van der Waals surface area contributed by atoms with Crippen molar-refractivity contribution in [1.29, 1.82) is 0 Å². The van der Waals surface area contributed by atoms with Crippen molar-refractivity contribution in [3.8, 4) is 11.5 Å². The first-order valence-corrected chi connectivity index (χ1v) is 10.4. The Bertz CT molecular complexity index is 1050. The first-order chi connectivity index (χ1) is 14.0. The second kappa shape index (κ2) is 8.39. The van der Waals surface area contributed by atoms with Crippen LogP contribution in [-0.2, 0) is 11.8 Å². The van der Waals surface area contributed by atoms with Crippen LogP contribution in [0.2, 0.25) is 5.02 Å². The van der Waals surface area contributed by atoms with Gasteiger partial charge in [-0.2, -0.15) is 0 Å². The minimum atomic E-state index is -0.379. The minimum absolute atomic E-state index is 0.134. The van der Waals surface area contributed by atoms with Crippen LogP contribution in [0.25, 0.3) is 0 Å². The molecule has 1 unspecified atom stereocenters. The molecule has 150 valence electrons. The summed E-state index contributed by atoms with van der Waals surface area (Å²) in [5.74, 6) is 0.861. The number of carbonyl (C=O) groups excluding carboxylic acids is 1. The molecule has 0 radical (unpaired) electrons. The zero-order chi connectivity index (χ0) is 20.4. The number of nitrogens with one attached hydrogen (secondary N) is 1. The third kappa shape index (κ3) is 4.36. The van der Waals surface area contributed by atoms with E-state index in [0.29, 0.717) is 35.4 Å². The first kappa shape index (κ1) is 19.7. The molecule has 2 heterocycles. The Morgan fingerprint density at radius 2 is 2.00 bits per heavy atom. The fourth-order valence-electron chi connectivity index (χ4n) is 2.96. The van der Waals surface area contributed by atoms with E-state index in [4.69, 9.17) is 21.1 Å². The van der Waals surface area contributed by atoms with Crippen LogP contribution in [0, 0.1) is 0 Å². The van der Waals surface area contributed by atoms with Crippen molar-refractivity contribution < 1.29 is 14.3 Å². The van der Waals surface area contributed by atoms with Crippen LogP contribution in [0.4, 0.5) is 5.69 Å². The summed E-state index contributed by atoms with van der Waals surface area (Å²) in [4.78, 5) is 18.2. The Labute approximate surface area is 178 Å². The fraction of sp³-hybridized carbons (Fsp3) is 0.238. The molecule has 3 aromatic rings. The fourth-order valence-corrected chi connectivity index (χ4v) is 4.00. The summed E-state index contributed by atoms with van der Waals surface area (Å²) in [6.07, 6.45) is 3.61. The highest BCUT2D eigenvalue weighted by Gasteiger charge is 2.20. The lowest BCUT2D eigenvalue weighted by atomic mass is 9.99. The Morgan fingerprint density at radius 3 is 2.76 bits per heavy atom. The molecular weight excluding hydrogens is 410 g/mol. The summed E-state index contributed by atoms with van der Waals surface area (Å²) in [7, 11) is 1.92. The van der Waals surface area contributed by atoms with Gasteiger partial charge < -0.3 is 19.4 Å². The van der Waals surface area contributed by atoms with E-state index in [1.54, 1.807) is 18.3 Å². The molecular formula is C21H20ClN3O3S. The number of anilines is 1. The van der Waals surface area contributed by atoms with Crippen LogP contribution >= 0.6 is 23.4 Å². The van der Waals surface area contributed by atoms with Crippen molar-refractivity contribution in [3.63, 3.8) is 0 Å². The average Bonchev–Trinajstić information content (AvgIpc) is 3.13. The predicted molar refractivity (Wildman–Crippen MR) is 113 cm³/mol. The quantitative estimate of drug-likeness (QED) is 0.634. The Morgan fingerprint density at radius 1 is 1.21 bits per heavy atom. The van der Waals surface area contributed by atoms with Gasteiger partial charge in [0.05, 0.1) is 11.6 Å². The molecule has 2 aromatic carbocycles. The van der Waals surface area contributed by atoms with Crippen LogP contribution in [0.15, 0.2) is 58.8 Å². The third-order valence-corrected chi connectivity index (χ3v) is 6.02. The molecule has 0 saturated heterocycles. The van der Waals surface area contributed by atoms with Gasteiger partial charge >= 0.3 is 0 Å². The summed E-state index contributed by atoms with van der Waals surface area (Å²) in [6, 6.07) is 11.0. The van der Waals surface area contributed by atoms with E-state index in [1.165, 1.54) is 11.8 Å². The maximum absolute atomic E-state index is 13.0. The molecule has 1 amide bonds. The lowest BCUT2D eigenvalue weighted by Crippen LogP contribution is -2.20. The lowest BCUT2D eigenvalue weighted by molar-refractivity contribution is -0.117. The molecule has 0 spiro atoms. The van der Waals surface area contributed by atoms with Gasteiger partial charge in [-0.15, -0.1) is 0 Å². The summed E-state index contributed by atoms with van der Waals surface area (Å²) in [6.45, 7) is 2.90. The van der Waals surface area contributed by atoms with Gasteiger partial charge in [0.2, 0.25) is 5.91 Å². The molecule has 1 atom stereocenters. The normalized spacial score (nSPS) is 13.8. The smallest absolute Gasteiger partial charge is 0.231 e. The molecule has 1 aliphatic heterocycles. The molecule has 1 N–H and O–H groups in total. The van der Waals surface area contributed by atoms with Crippen molar-refractivity contribution in [1.82, 2.24) is 9.55 Å². The summed E-state index contributed by atoms with van der Waals surface area (Å²) >= 11 is 7.64. The van der Waals surface area contributed by atoms with E-state index >= 15 is 0 Å². The van der Waals surface area contributed by atoms with Crippen LogP contribution in [-0.4, -0.2) is 28.7 Å². The van der Waals surface area contributed by atoms with Crippen molar-refractivity contribution in [2.75, 3.05) is 18.5 Å². The van der Waals surface area contributed by atoms with Crippen LogP contribution < -0.4 is 14.8 Å². The number of fused-ring (bicyclic) bond motifs is 1. The minimum Gasteiger partial charge on any atom is -0.486 e. The molecule has 0 fully saturated rings. The van der Waals surface area contributed by atoms with Crippen molar-refractivity contribution in [2.45, 2.75) is 22.9 Å². The third-order valence-electron chi connectivity index (χ3n) is 4.64. The van der Waals surface area contributed by atoms with E-state index in [0.717, 1.165) is 15.6 Å². The topological polar surface area (TPSA) is 65.4 Å². The van der Waals surface area contributed by atoms with Gasteiger partial charge in [-0.25, -0.2) is 4.98 Å². The van der Waals surface area contributed by atoms with Crippen molar-refractivity contribution in [3.05, 3.63) is 59.4 Å². The highest BCUT2D eigenvalue weighted by atomic mass is 35.5. The van der Waals surface area contributed by atoms with Crippen molar-refractivity contribution >= 4 is 35.0 Å². The van der Waals surface area contributed by atoms with E-state index in [2.05, 4.69) is 10.3 Å². The van der Waals surface area contributed by atoms with Gasteiger partial charge in [0.25, 0.3) is 0 Å². The summed E-state index contributed by atoms with van der Waals surface area (Å²) in [5.41, 5.74) is 1.51. The first-order valence-electron chi connectivity index (χ1n) is 9.16. The SMILES string of the molecule is CC(C(=O)Nc1cc(Cl)ccc1Sc1nccn1C)c1ccc2c(c1)OCCO2. The van der Waals surface area contributed by atoms with E-state index in [-0.39, 0.29) is 11.8 Å². The molecule has 1 aliphatic rings. The molecule has 0 bridgehead atoms. The van der Waals surface area contributed by atoms with Gasteiger partial charge in [0.15, 0.2) is 16.7 Å². The van der Waals surface area contributed by atoms with Crippen LogP contribution in [0.3, 0.4) is 0 Å². The summed E-state index contributed by atoms with van der Waals surface area (Å²) in [5, 5.41) is 4.38. The van der Waals surface area contributed by atoms with Gasteiger partial charge in [0.1, 0.15) is 13.2 Å². The van der Waals surface area contributed by atoms with Gasteiger partial charge in [-0.1, -0.05) is 17.7 Å². The number of halogens is 1. The largest absolute Gasteiger partial charge is 0.486 e. The molecule has 8 heteroatoms. The highest BCUT2D eigenvalue weighted by Crippen LogP contribution is 2.36. The number of imidazole rings is 1. The zero-order valence-corrected chi connectivity index (χ0v) is 17.6. The molecule has 0 saturated carbocycles.